The van der Waals surface area contributed by atoms with Crippen molar-refractivity contribution in [2.75, 3.05) is 5.73 Å². The molecule has 2 nitrogen and oxygen atoms in total. The smallest absolute Gasteiger partial charge is 0.159 e. The van der Waals surface area contributed by atoms with Gasteiger partial charge in [0.15, 0.2) is 5.78 Å². The molecule has 2 N–H and O–H groups in total. The van der Waals surface area contributed by atoms with E-state index in [-0.39, 0.29) is 5.78 Å². The van der Waals surface area contributed by atoms with Gasteiger partial charge in [-0.05, 0) is 43.2 Å². The average Bonchev–Trinajstić information content (AvgIpc) is 2.29. The van der Waals surface area contributed by atoms with Crippen LogP contribution in [0.15, 0.2) is 24.3 Å². The van der Waals surface area contributed by atoms with E-state index in [9.17, 15) is 4.79 Å². The number of nitrogens with two attached hydrogens (primary N) is 1. The third-order valence-corrected chi connectivity index (χ3v) is 3.78. The van der Waals surface area contributed by atoms with Gasteiger partial charge in [0, 0.05) is 16.8 Å². The second-order valence-electron chi connectivity index (χ2n) is 5.96. The molecule has 1 aliphatic rings. The number of anilines is 1. The Labute approximate surface area is 109 Å². The number of hydrogen-bond acceptors (Lipinski definition) is 2. The Bertz CT molecular complexity index is 512. The van der Waals surface area contributed by atoms with Crippen LogP contribution in [0.4, 0.5) is 5.69 Å². The summed E-state index contributed by atoms with van der Waals surface area (Å²) in [4.78, 5) is 11.3. The van der Waals surface area contributed by atoms with Gasteiger partial charge in [0.2, 0.25) is 0 Å². The van der Waals surface area contributed by atoms with Gasteiger partial charge in [0.1, 0.15) is 0 Å². The fourth-order valence-corrected chi connectivity index (χ4v) is 2.40. The zero-order valence-corrected chi connectivity index (χ0v) is 11.4. The number of nitrogen functional groups attached to an aromatic ring is 1. The van der Waals surface area contributed by atoms with Gasteiger partial charge in [-0.1, -0.05) is 32.1 Å². The van der Waals surface area contributed by atoms with Crippen molar-refractivity contribution in [3.63, 3.8) is 0 Å². The lowest BCUT2D eigenvalue weighted by atomic mass is 9.77. The number of carbonyl (C=O) groups is 1. The van der Waals surface area contributed by atoms with Crippen LogP contribution in [0, 0.1) is 5.41 Å². The molecule has 0 radical (unpaired) electrons. The van der Waals surface area contributed by atoms with Gasteiger partial charge in [-0.15, -0.1) is 0 Å². The molecule has 0 aromatic heterocycles. The van der Waals surface area contributed by atoms with Crippen LogP contribution in [0.2, 0.25) is 0 Å². The molecular weight excluding hydrogens is 222 g/mol. The van der Waals surface area contributed by atoms with Crippen molar-refractivity contribution in [2.24, 2.45) is 5.41 Å². The minimum atomic E-state index is 0.0620. The van der Waals surface area contributed by atoms with Crippen LogP contribution in [0.1, 0.15) is 56.0 Å². The number of allylic oxidation sites excluding steroid dienone is 2. The molecular formula is C16H21NO. The van der Waals surface area contributed by atoms with Crippen molar-refractivity contribution in [3.05, 3.63) is 35.4 Å². The molecule has 0 bridgehead atoms. The first-order chi connectivity index (χ1) is 8.39. The SMILES string of the molecule is CC(=O)c1ccc(C2=CCC(C)(C)CC2)c(N)c1. The van der Waals surface area contributed by atoms with Crippen molar-refractivity contribution in [2.45, 2.75) is 40.0 Å². The summed E-state index contributed by atoms with van der Waals surface area (Å²) >= 11 is 0. The Morgan fingerprint density at radius 1 is 1.33 bits per heavy atom. The van der Waals surface area contributed by atoms with Crippen LogP contribution in [-0.2, 0) is 0 Å². The summed E-state index contributed by atoms with van der Waals surface area (Å²) in [5.74, 6) is 0.0620. The quantitative estimate of drug-likeness (QED) is 0.628. The maximum Gasteiger partial charge on any atom is 0.159 e. The minimum absolute atomic E-state index is 0.0620. The molecule has 0 saturated heterocycles. The van der Waals surface area contributed by atoms with Crippen molar-refractivity contribution < 1.29 is 4.79 Å². The maximum atomic E-state index is 11.3. The number of carbonyl (C=O) groups excluding carboxylic acids is 1. The Kier molecular flexibility index (Phi) is 3.29. The second-order valence-corrected chi connectivity index (χ2v) is 5.96. The van der Waals surface area contributed by atoms with E-state index in [1.165, 1.54) is 12.0 Å². The molecule has 96 valence electrons. The van der Waals surface area contributed by atoms with Crippen LogP contribution >= 0.6 is 0 Å². The summed E-state index contributed by atoms with van der Waals surface area (Å²) < 4.78 is 0. The molecule has 1 aromatic carbocycles. The fourth-order valence-electron chi connectivity index (χ4n) is 2.40. The molecule has 0 saturated carbocycles. The van der Waals surface area contributed by atoms with E-state index in [2.05, 4.69) is 19.9 Å². The molecule has 0 atom stereocenters. The van der Waals surface area contributed by atoms with Crippen LogP contribution < -0.4 is 5.73 Å². The summed E-state index contributed by atoms with van der Waals surface area (Å²) in [6.07, 6.45) is 5.64. The molecule has 0 unspecified atom stereocenters. The normalized spacial score (nSPS) is 18.3. The number of benzene rings is 1. The van der Waals surface area contributed by atoms with E-state index < -0.39 is 0 Å². The predicted octanol–water partition coefficient (Wildman–Crippen LogP) is 4.06. The summed E-state index contributed by atoms with van der Waals surface area (Å²) in [6, 6.07) is 5.64. The molecule has 0 aliphatic heterocycles. The van der Waals surface area contributed by atoms with Gasteiger partial charge < -0.3 is 5.73 Å². The van der Waals surface area contributed by atoms with Gasteiger partial charge in [-0.25, -0.2) is 0 Å². The Balaban J connectivity index is 2.30. The van der Waals surface area contributed by atoms with E-state index in [0.29, 0.717) is 16.7 Å². The van der Waals surface area contributed by atoms with Gasteiger partial charge in [-0.3, -0.25) is 4.79 Å². The van der Waals surface area contributed by atoms with Crippen molar-refractivity contribution in [1.82, 2.24) is 0 Å². The third-order valence-electron chi connectivity index (χ3n) is 3.78. The van der Waals surface area contributed by atoms with Gasteiger partial charge in [0.05, 0.1) is 0 Å². The van der Waals surface area contributed by atoms with Crippen LogP contribution in [0.5, 0.6) is 0 Å². The van der Waals surface area contributed by atoms with Crippen molar-refractivity contribution in [1.29, 1.82) is 0 Å². The number of ketones is 1. The Morgan fingerprint density at radius 3 is 2.56 bits per heavy atom. The van der Waals surface area contributed by atoms with Crippen LogP contribution in [0.3, 0.4) is 0 Å². The first-order valence-corrected chi connectivity index (χ1v) is 6.49. The highest BCUT2D eigenvalue weighted by atomic mass is 16.1. The molecule has 1 aromatic rings. The first-order valence-electron chi connectivity index (χ1n) is 6.49. The lowest BCUT2D eigenvalue weighted by molar-refractivity contribution is 0.101. The Morgan fingerprint density at radius 2 is 2.06 bits per heavy atom. The maximum absolute atomic E-state index is 11.3. The number of rotatable bonds is 2. The second kappa shape index (κ2) is 4.60. The van der Waals surface area contributed by atoms with Gasteiger partial charge in [0.25, 0.3) is 0 Å². The zero-order valence-electron chi connectivity index (χ0n) is 11.4. The molecule has 0 heterocycles. The monoisotopic (exact) mass is 243 g/mol. The van der Waals surface area contributed by atoms with Gasteiger partial charge in [-0.2, -0.15) is 0 Å². The lowest BCUT2D eigenvalue weighted by Gasteiger charge is -2.29. The highest BCUT2D eigenvalue weighted by molar-refractivity contribution is 5.96. The highest BCUT2D eigenvalue weighted by Crippen LogP contribution is 2.39. The topological polar surface area (TPSA) is 43.1 Å². The average molecular weight is 243 g/mol. The molecule has 2 heteroatoms. The summed E-state index contributed by atoms with van der Waals surface area (Å²) in [6.45, 7) is 6.15. The number of hydrogen-bond donors (Lipinski definition) is 1. The summed E-state index contributed by atoms with van der Waals surface area (Å²) in [5.41, 5.74) is 10.3. The Hall–Kier alpha value is -1.57. The molecule has 18 heavy (non-hydrogen) atoms. The van der Waals surface area contributed by atoms with E-state index in [4.69, 9.17) is 5.73 Å². The van der Waals surface area contributed by atoms with Crippen molar-refractivity contribution >= 4 is 17.0 Å². The molecule has 0 amide bonds. The standard InChI is InChI=1S/C16H21NO/c1-11(18)13-4-5-14(15(17)10-13)12-6-8-16(2,3)9-7-12/h4-6,10H,7-9,17H2,1-3H3. The third kappa shape index (κ3) is 2.63. The van der Waals surface area contributed by atoms with E-state index in [1.807, 2.05) is 12.1 Å². The highest BCUT2D eigenvalue weighted by Gasteiger charge is 2.22. The van der Waals surface area contributed by atoms with Gasteiger partial charge >= 0.3 is 0 Å². The lowest BCUT2D eigenvalue weighted by Crippen LogP contribution is -2.14. The fraction of sp³-hybridized carbons (Fsp3) is 0.438. The van der Waals surface area contributed by atoms with E-state index in [1.54, 1.807) is 13.0 Å². The molecule has 0 spiro atoms. The molecule has 0 fully saturated rings. The molecule has 1 aliphatic carbocycles. The largest absolute Gasteiger partial charge is 0.398 e. The molecule has 2 rings (SSSR count). The summed E-state index contributed by atoms with van der Waals surface area (Å²) in [5, 5.41) is 0. The van der Waals surface area contributed by atoms with E-state index >= 15 is 0 Å². The van der Waals surface area contributed by atoms with E-state index in [0.717, 1.165) is 18.4 Å². The summed E-state index contributed by atoms with van der Waals surface area (Å²) in [7, 11) is 0. The first kappa shape index (κ1) is 12.9. The predicted molar refractivity (Wildman–Crippen MR) is 76.5 cm³/mol. The van der Waals surface area contributed by atoms with Crippen molar-refractivity contribution in [3.8, 4) is 0 Å². The minimum Gasteiger partial charge on any atom is -0.398 e. The van der Waals surface area contributed by atoms with Crippen LogP contribution in [-0.4, -0.2) is 5.78 Å². The van der Waals surface area contributed by atoms with Crippen LogP contribution in [0.25, 0.3) is 5.57 Å². The zero-order chi connectivity index (χ0) is 13.3. The number of Topliss-reactive ketones (excluding diaryl/α,β-unsaturated/α-hetero) is 1.